The van der Waals surface area contributed by atoms with Crippen LogP contribution in [-0.2, 0) is 19.1 Å². The van der Waals surface area contributed by atoms with Crippen LogP contribution in [0.1, 0.15) is 233 Å². The van der Waals surface area contributed by atoms with Crippen LogP contribution >= 0.6 is 0 Å². The van der Waals surface area contributed by atoms with Gasteiger partial charge in [0.15, 0.2) is 6.29 Å². The van der Waals surface area contributed by atoms with Gasteiger partial charge >= 0.3 is 0 Å². The number of carbonyl (C=O) groups is 2. The first-order valence-corrected chi connectivity index (χ1v) is 25.5. The molecule has 0 bridgehead atoms. The van der Waals surface area contributed by atoms with Crippen molar-refractivity contribution in [3.05, 3.63) is 12.2 Å². The Bertz CT molecular complexity index is 1050. The molecule has 0 radical (unpaired) electrons. The van der Waals surface area contributed by atoms with Crippen molar-refractivity contribution < 1.29 is 44.6 Å². The first-order valence-electron chi connectivity index (χ1n) is 25.5. The molecule has 1 fully saturated rings. The molecule has 0 aromatic rings. The van der Waals surface area contributed by atoms with Crippen LogP contribution in [0.2, 0.25) is 0 Å². The van der Waals surface area contributed by atoms with Gasteiger partial charge in [-0.05, 0) is 38.5 Å². The summed E-state index contributed by atoms with van der Waals surface area (Å²) in [7, 11) is 0. The summed E-state index contributed by atoms with van der Waals surface area (Å²) in [6, 6.07) is -1.00. The van der Waals surface area contributed by atoms with Gasteiger partial charge in [0.25, 0.3) is 0 Å². The summed E-state index contributed by atoms with van der Waals surface area (Å²) in [5, 5.41) is 59.1. The lowest BCUT2D eigenvalue weighted by atomic mass is 9.98. The molecule has 11 heteroatoms. The van der Waals surface area contributed by atoms with Gasteiger partial charge in [0.2, 0.25) is 11.8 Å². The van der Waals surface area contributed by atoms with Crippen LogP contribution in [0.4, 0.5) is 0 Å². The number of aliphatic hydroxyl groups excluding tert-OH is 5. The van der Waals surface area contributed by atoms with E-state index in [0.717, 1.165) is 44.9 Å². The lowest BCUT2D eigenvalue weighted by Crippen LogP contribution is -2.61. The van der Waals surface area contributed by atoms with Gasteiger partial charge in [-0.25, -0.2) is 0 Å². The molecule has 0 saturated carbocycles. The Kier molecular flexibility index (Phi) is 37.6. The predicted molar refractivity (Wildman–Crippen MR) is 248 cm³/mol. The molecule has 61 heavy (non-hydrogen) atoms. The molecule has 2 amide bonds. The topological polar surface area (TPSA) is 178 Å². The van der Waals surface area contributed by atoms with Crippen molar-refractivity contribution in [2.75, 3.05) is 13.2 Å². The van der Waals surface area contributed by atoms with Gasteiger partial charge in [0.1, 0.15) is 30.5 Å². The number of allylic oxidation sites excluding steroid dienone is 2. The Hall–Kier alpha value is -1.60. The van der Waals surface area contributed by atoms with Gasteiger partial charge in [-0.15, -0.1) is 0 Å². The highest BCUT2D eigenvalue weighted by atomic mass is 16.7. The van der Waals surface area contributed by atoms with Crippen molar-refractivity contribution in [3.8, 4) is 0 Å². The zero-order chi connectivity index (χ0) is 44.8. The average Bonchev–Trinajstić information content (AvgIpc) is 3.24. The average molecular weight is 869 g/mol. The minimum absolute atomic E-state index is 0.113. The monoisotopic (exact) mass is 869 g/mol. The summed E-state index contributed by atoms with van der Waals surface area (Å²) in [5.41, 5.74) is 0. The number of aliphatic hydroxyl groups is 5. The van der Waals surface area contributed by atoms with Crippen molar-refractivity contribution in [2.24, 2.45) is 0 Å². The van der Waals surface area contributed by atoms with Crippen molar-refractivity contribution in [1.29, 1.82) is 0 Å². The molecular weight excluding hydrogens is 773 g/mol. The molecule has 1 saturated heterocycles. The Balaban J connectivity index is 2.41. The number of rotatable bonds is 42. The second-order valence-electron chi connectivity index (χ2n) is 18.2. The molecule has 1 aliphatic rings. The number of ether oxygens (including phenoxy) is 2. The van der Waals surface area contributed by atoms with E-state index in [-0.39, 0.29) is 31.4 Å². The van der Waals surface area contributed by atoms with E-state index in [1.165, 1.54) is 155 Å². The van der Waals surface area contributed by atoms with Gasteiger partial charge in [-0.3, -0.25) is 9.59 Å². The summed E-state index contributed by atoms with van der Waals surface area (Å²) in [4.78, 5) is 24.6. The summed E-state index contributed by atoms with van der Waals surface area (Å²) in [6.45, 7) is 5.39. The minimum atomic E-state index is -1.61. The molecule has 1 heterocycles. The summed E-state index contributed by atoms with van der Waals surface area (Å²) < 4.78 is 11.5. The maximum atomic E-state index is 13.1. The maximum Gasteiger partial charge on any atom is 0.220 e. The molecule has 0 aliphatic carbocycles. The lowest BCUT2D eigenvalue weighted by Gasteiger charge is -2.41. The van der Waals surface area contributed by atoms with Gasteiger partial charge < -0.3 is 45.6 Å². The second-order valence-corrected chi connectivity index (χ2v) is 18.2. The van der Waals surface area contributed by atoms with Crippen LogP contribution in [0.3, 0.4) is 0 Å². The second kappa shape index (κ2) is 40.0. The molecule has 0 spiro atoms. The smallest absolute Gasteiger partial charge is 0.220 e. The van der Waals surface area contributed by atoms with E-state index in [1.54, 1.807) is 0 Å². The van der Waals surface area contributed by atoms with E-state index >= 15 is 0 Å². The largest absolute Gasteiger partial charge is 0.390 e. The standard InChI is InChI=1S/C50H96N2O9/c1-4-6-8-10-12-14-16-18-19-20-21-22-23-24-25-26-28-30-32-34-36-38-45(55)52-42(40-60-50-49(59)48(58)47(57)44(61-50)39-51-41(3)53)46(56)43(54)37-35-33-31-29-27-17-15-13-11-9-7-5-2/h18-19,42-44,46-50,54,56-59H,4-17,20-40H2,1-3H3,(H,51,53)(H,52,55)/b19-18-/t42-,43-,44+,46+,47+,48+,49-,50+/m1/s1. The van der Waals surface area contributed by atoms with Crippen LogP contribution in [0.5, 0.6) is 0 Å². The number of nitrogens with one attached hydrogen (secondary N) is 2. The van der Waals surface area contributed by atoms with Crippen molar-refractivity contribution >= 4 is 11.8 Å². The van der Waals surface area contributed by atoms with E-state index < -0.39 is 49.0 Å². The Morgan fingerprint density at radius 2 is 1.02 bits per heavy atom. The zero-order valence-electron chi connectivity index (χ0n) is 39.4. The van der Waals surface area contributed by atoms with Gasteiger partial charge in [0.05, 0.1) is 18.8 Å². The fraction of sp³-hybridized carbons (Fsp3) is 0.920. The fourth-order valence-electron chi connectivity index (χ4n) is 8.22. The molecular formula is C50H96N2O9. The summed E-state index contributed by atoms with van der Waals surface area (Å²) in [6.07, 6.45) is 33.6. The number of hydrogen-bond acceptors (Lipinski definition) is 9. The highest BCUT2D eigenvalue weighted by Gasteiger charge is 2.45. The Labute approximate surface area is 373 Å². The third-order valence-corrected chi connectivity index (χ3v) is 12.3. The minimum Gasteiger partial charge on any atom is -0.390 e. The van der Waals surface area contributed by atoms with Crippen LogP contribution in [0, 0.1) is 0 Å². The predicted octanol–water partition coefficient (Wildman–Crippen LogP) is 9.62. The fourth-order valence-corrected chi connectivity index (χ4v) is 8.22. The highest BCUT2D eigenvalue weighted by molar-refractivity contribution is 5.76. The number of carbonyl (C=O) groups excluding carboxylic acids is 2. The van der Waals surface area contributed by atoms with Gasteiger partial charge in [-0.2, -0.15) is 0 Å². The molecule has 360 valence electrons. The molecule has 0 unspecified atom stereocenters. The van der Waals surface area contributed by atoms with E-state index in [4.69, 9.17) is 9.47 Å². The van der Waals surface area contributed by atoms with Crippen LogP contribution in [-0.4, -0.2) is 99.5 Å². The molecule has 11 nitrogen and oxygen atoms in total. The number of amides is 2. The van der Waals surface area contributed by atoms with Crippen LogP contribution < -0.4 is 10.6 Å². The molecule has 0 aromatic carbocycles. The van der Waals surface area contributed by atoms with E-state index in [9.17, 15) is 35.1 Å². The Morgan fingerprint density at radius 3 is 1.48 bits per heavy atom. The quantitative estimate of drug-likeness (QED) is 0.0233. The van der Waals surface area contributed by atoms with E-state index in [2.05, 4.69) is 36.6 Å². The molecule has 1 rings (SSSR count). The molecule has 1 aliphatic heterocycles. The van der Waals surface area contributed by atoms with Gasteiger partial charge in [-0.1, -0.05) is 193 Å². The van der Waals surface area contributed by atoms with Crippen LogP contribution in [0.25, 0.3) is 0 Å². The van der Waals surface area contributed by atoms with Crippen LogP contribution in [0.15, 0.2) is 12.2 Å². The summed E-state index contributed by atoms with van der Waals surface area (Å²) in [5.74, 6) is -0.613. The molecule has 8 atom stereocenters. The third kappa shape index (κ3) is 31.0. The van der Waals surface area contributed by atoms with Crippen molar-refractivity contribution in [1.82, 2.24) is 10.6 Å². The molecule has 7 N–H and O–H groups in total. The number of unbranched alkanes of at least 4 members (excludes halogenated alkanes) is 28. The summed E-state index contributed by atoms with van der Waals surface area (Å²) >= 11 is 0. The molecule has 0 aromatic heterocycles. The maximum absolute atomic E-state index is 13.1. The highest BCUT2D eigenvalue weighted by Crippen LogP contribution is 2.23. The van der Waals surface area contributed by atoms with Gasteiger partial charge in [0, 0.05) is 19.9 Å². The lowest BCUT2D eigenvalue weighted by molar-refractivity contribution is -0.297. The van der Waals surface area contributed by atoms with E-state index in [1.807, 2.05) is 0 Å². The first-order chi connectivity index (χ1) is 29.6. The Morgan fingerprint density at radius 1 is 0.590 bits per heavy atom. The normalized spacial score (nSPS) is 20.8. The van der Waals surface area contributed by atoms with Crippen molar-refractivity contribution in [2.45, 2.75) is 282 Å². The first kappa shape index (κ1) is 57.4. The van der Waals surface area contributed by atoms with E-state index in [0.29, 0.717) is 12.8 Å². The third-order valence-electron chi connectivity index (χ3n) is 12.3. The SMILES string of the molecule is CCCCCCCC/C=C\CCCCCCCCCCCCCC(=O)N[C@H](CO[C@H]1O[C@@H](CNC(C)=O)[C@H](O)[C@H](O)[C@H]1O)[C@H](O)[C@H](O)CCCCCCCCCCCCCC. The van der Waals surface area contributed by atoms with Crippen molar-refractivity contribution in [3.63, 3.8) is 0 Å². The number of hydrogen-bond donors (Lipinski definition) is 7. The zero-order valence-corrected chi connectivity index (χ0v) is 39.4.